The average Bonchev–Trinajstić information content (AvgIpc) is 2.26. The number of rotatable bonds is 9. The van der Waals surface area contributed by atoms with Crippen molar-refractivity contribution in [3.63, 3.8) is 0 Å². The molecule has 0 rings (SSSR count). The maximum absolute atomic E-state index is 12.3. The van der Waals surface area contributed by atoms with E-state index in [0.29, 0.717) is 6.61 Å². The molecule has 0 aromatic rings. The first-order valence-electron chi connectivity index (χ1n) is 7.83. The highest BCUT2D eigenvalue weighted by Gasteiger charge is 2.35. The fourth-order valence-corrected chi connectivity index (χ4v) is 2.15. The predicted molar refractivity (Wildman–Crippen MR) is 83.8 cm³/mol. The molecule has 0 aromatic heterocycles. The molecule has 20 heavy (non-hydrogen) atoms. The lowest BCUT2D eigenvalue weighted by Gasteiger charge is -2.33. The summed E-state index contributed by atoms with van der Waals surface area (Å²) in [7, 11) is 0. The maximum atomic E-state index is 12.3. The third kappa shape index (κ3) is 7.28. The fraction of sp³-hybridized carbons (Fsp3) is 0.941. The number of carbonyl (C=O) groups excluding carboxylic acids is 1. The molecule has 0 saturated carbocycles. The first-order chi connectivity index (χ1) is 8.96. The smallest absolute Gasteiger partial charge is 0.314 e. The van der Waals surface area contributed by atoms with Gasteiger partial charge in [0, 0.05) is 0 Å². The Labute approximate surface area is 125 Å². The molecule has 3 nitrogen and oxygen atoms in total. The van der Waals surface area contributed by atoms with Crippen molar-refractivity contribution in [3.05, 3.63) is 0 Å². The van der Waals surface area contributed by atoms with E-state index in [9.17, 15) is 4.79 Å². The van der Waals surface area contributed by atoms with E-state index in [4.69, 9.17) is 9.47 Å². The van der Waals surface area contributed by atoms with Gasteiger partial charge in [0.25, 0.3) is 0 Å². The van der Waals surface area contributed by atoms with E-state index in [-0.39, 0.29) is 11.6 Å². The lowest BCUT2D eigenvalue weighted by molar-refractivity contribution is -0.174. The number of ether oxygens (including phenoxy) is 2. The molecule has 0 radical (unpaired) electrons. The van der Waals surface area contributed by atoms with E-state index in [0.717, 1.165) is 25.7 Å². The molecule has 0 aromatic carbocycles. The van der Waals surface area contributed by atoms with Crippen molar-refractivity contribution in [1.82, 2.24) is 0 Å². The van der Waals surface area contributed by atoms with Crippen LogP contribution in [-0.2, 0) is 14.3 Å². The Balaban J connectivity index is 4.52. The first-order valence-corrected chi connectivity index (χ1v) is 7.83. The topological polar surface area (TPSA) is 35.5 Å². The summed E-state index contributed by atoms with van der Waals surface area (Å²) in [6.45, 7) is 16.5. The molecule has 0 aliphatic carbocycles. The largest absolute Gasteiger partial charge is 0.459 e. The van der Waals surface area contributed by atoms with Gasteiger partial charge < -0.3 is 9.47 Å². The molecule has 3 heteroatoms. The van der Waals surface area contributed by atoms with Crippen LogP contribution in [0, 0.1) is 5.41 Å². The summed E-state index contributed by atoms with van der Waals surface area (Å²) in [6.07, 6.45) is 3.93. The SMILES string of the molecule is CCCC(C)(C)OCC(C)(C)C(=O)OC(C)(C)CCC. The lowest BCUT2D eigenvalue weighted by Crippen LogP contribution is -2.40. The molecule has 0 N–H and O–H groups in total. The maximum Gasteiger partial charge on any atom is 0.314 e. The second kappa shape index (κ2) is 7.44. The molecule has 0 saturated heterocycles. The van der Waals surface area contributed by atoms with Crippen molar-refractivity contribution < 1.29 is 14.3 Å². The Bertz CT molecular complexity index is 303. The molecule has 0 spiro atoms. The van der Waals surface area contributed by atoms with E-state index < -0.39 is 11.0 Å². The summed E-state index contributed by atoms with van der Waals surface area (Å²) >= 11 is 0. The van der Waals surface area contributed by atoms with Gasteiger partial charge in [0.2, 0.25) is 0 Å². The Morgan fingerprint density at radius 3 is 1.75 bits per heavy atom. The monoisotopic (exact) mass is 286 g/mol. The molecule has 0 amide bonds. The minimum Gasteiger partial charge on any atom is -0.459 e. The van der Waals surface area contributed by atoms with Crippen molar-refractivity contribution in [3.8, 4) is 0 Å². The van der Waals surface area contributed by atoms with Crippen LogP contribution in [0.2, 0.25) is 0 Å². The molecular weight excluding hydrogens is 252 g/mol. The molecular formula is C17H34O3. The Kier molecular flexibility index (Phi) is 7.23. The van der Waals surface area contributed by atoms with Crippen molar-refractivity contribution >= 4 is 5.97 Å². The van der Waals surface area contributed by atoms with Gasteiger partial charge in [0.1, 0.15) is 5.60 Å². The highest BCUT2D eigenvalue weighted by atomic mass is 16.6. The van der Waals surface area contributed by atoms with Crippen LogP contribution in [0.5, 0.6) is 0 Å². The number of esters is 1. The van der Waals surface area contributed by atoms with Crippen LogP contribution in [0.1, 0.15) is 81.1 Å². The summed E-state index contributed by atoms with van der Waals surface area (Å²) in [6, 6.07) is 0. The van der Waals surface area contributed by atoms with Crippen molar-refractivity contribution in [1.29, 1.82) is 0 Å². The Morgan fingerprint density at radius 1 is 0.850 bits per heavy atom. The van der Waals surface area contributed by atoms with Gasteiger partial charge in [-0.2, -0.15) is 0 Å². The molecule has 0 heterocycles. The minimum atomic E-state index is -0.615. The van der Waals surface area contributed by atoms with Gasteiger partial charge in [0.05, 0.1) is 17.6 Å². The van der Waals surface area contributed by atoms with Crippen molar-refractivity contribution in [2.45, 2.75) is 92.3 Å². The zero-order chi connectivity index (χ0) is 16.0. The second-order valence-electron chi connectivity index (χ2n) is 7.58. The summed E-state index contributed by atoms with van der Waals surface area (Å²) in [4.78, 5) is 12.3. The van der Waals surface area contributed by atoms with Gasteiger partial charge in [-0.3, -0.25) is 4.79 Å². The van der Waals surface area contributed by atoms with Crippen LogP contribution in [0.15, 0.2) is 0 Å². The summed E-state index contributed by atoms with van der Waals surface area (Å²) < 4.78 is 11.6. The molecule has 0 unspecified atom stereocenters. The average molecular weight is 286 g/mol. The zero-order valence-electron chi connectivity index (χ0n) is 14.8. The van der Waals surface area contributed by atoms with Gasteiger partial charge in [-0.05, 0) is 54.4 Å². The van der Waals surface area contributed by atoms with Crippen LogP contribution < -0.4 is 0 Å². The lowest BCUT2D eigenvalue weighted by atomic mass is 9.93. The third-order valence-electron chi connectivity index (χ3n) is 3.45. The van der Waals surface area contributed by atoms with E-state index >= 15 is 0 Å². The van der Waals surface area contributed by atoms with E-state index in [1.807, 2.05) is 27.7 Å². The van der Waals surface area contributed by atoms with Gasteiger partial charge in [-0.15, -0.1) is 0 Å². The Morgan fingerprint density at radius 2 is 1.30 bits per heavy atom. The number of hydrogen-bond acceptors (Lipinski definition) is 3. The van der Waals surface area contributed by atoms with E-state index in [1.165, 1.54) is 0 Å². The second-order valence-corrected chi connectivity index (χ2v) is 7.58. The first kappa shape index (κ1) is 19.4. The fourth-order valence-electron chi connectivity index (χ4n) is 2.15. The molecule has 120 valence electrons. The normalized spacial score (nSPS) is 13.4. The van der Waals surface area contributed by atoms with Gasteiger partial charge in [-0.25, -0.2) is 0 Å². The van der Waals surface area contributed by atoms with Gasteiger partial charge >= 0.3 is 5.97 Å². The number of carbonyl (C=O) groups is 1. The van der Waals surface area contributed by atoms with Crippen LogP contribution in [0.25, 0.3) is 0 Å². The zero-order valence-corrected chi connectivity index (χ0v) is 14.8. The highest BCUT2D eigenvalue weighted by molar-refractivity contribution is 5.76. The summed E-state index contributed by atoms with van der Waals surface area (Å²) in [5, 5.41) is 0. The number of hydrogen-bond donors (Lipinski definition) is 0. The van der Waals surface area contributed by atoms with Crippen molar-refractivity contribution in [2.24, 2.45) is 5.41 Å². The molecule has 0 aliphatic rings. The minimum absolute atomic E-state index is 0.178. The van der Waals surface area contributed by atoms with Crippen LogP contribution in [-0.4, -0.2) is 23.8 Å². The van der Waals surface area contributed by atoms with Crippen LogP contribution >= 0.6 is 0 Å². The molecule has 0 aliphatic heterocycles. The molecule has 0 fully saturated rings. The van der Waals surface area contributed by atoms with Gasteiger partial charge in [-0.1, -0.05) is 26.7 Å². The van der Waals surface area contributed by atoms with Crippen LogP contribution in [0.4, 0.5) is 0 Å². The summed E-state index contributed by atoms with van der Waals surface area (Å²) in [5.74, 6) is -0.178. The van der Waals surface area contributed by atoms with E-state index in [2.05, 4.69) is 27.7 Å². The van der Waals surface area contributed by atoms with Crippen molar-refractivity contribution in [2.75, 3.05) is 6.61 Å². The van der Waals surface area contributed by atoms with Gasteiger partial charge in [0.15, 0.2) is 0 Å². The van der Waals surface area contributed by atoms with E-state index in [1.54, 1.807) is 0 Å². The standard InChI is InChI=1S/C17H34O3/c1-9-11-16(5,6)19-13-15(3,4)14(18)20-17(7,8)12-10-2/h9-13H2,1-8H3. The predicted octanol–water partition coefficient (Wildman–Crippen LogP) is 4.73. The quantitative estimate of drug-likeness (QED) is 0.575. The molecule has 0 atom stereocenters. The van der Waals surface area contributed by atoms with Crippen LogP contribution in [0.3, 0.4) is 0 Å². The third-order valence-corrected chi connectivity index (χ3v) is 3.45. The Hall–Kier alpha value is -0.570. The highest BCUT2D eigenvalue weighted by Crippen LogP contribution is 2.27. The summed E-state index contributed by atoms with van der Waals surface area (Å²) in [5.41, 5.74) is -1.21. The molecule has 0 bridgehead atoms.